The molecule has 9 heteroatoms. The Morgan fingerprint density at radius 3 is 2.71 bits per heavy atom. The van der Waals surface area contributed by atoms with Gasteiger partial charge in [-0.25, -0.2) is 4.98 Å². The first-order chi connectivity index (χ1) is 15.0. The predicted octanol–water partition coefficient (Wildman–Crippen LogP) is 4.59. The van der Waals surface area contributed by atoms with Crippen LogP contribution >= 0.6 is 27.7 Å². The van der Waals surface area contributed by atoms with Gasteiger partial charge in [-0.15, -0.1) is 0 Å². The van der Waals surface area contributed by atoms with E-state index in [9.17, 15) is 4.79 Å². The number of benzene rings is 2. The summed E-state index contributed by atoms with van der Waals surface area (Å²) in [5, 5.41) is 20.1. The van der Waals surface area contributed by atoms with Gasteiger partial charge >= 0.3 is 0 Å². The first-order valence-electron chi connectivity index (χ1n) is 9.76. The molecule has 0 aliphatic rings. The number of halogens is 1. The van der Waals surface area contributed by atoms with Crippen LogP contribution in [0.15, 0.2) is 58.2 Å². The number of hydrogen-bond donors (Lipinski definition) is 3. The standard InChI is InChI=1S/C22H21BrN6OS/c1-3-14-6-4-5-7-17(14)29-20(24)19-13(2)27-28-21(19)26-22(29)31-12-18(30)25-16-10-8-15(23)9-11-16/h4-11,24H,3,12H2,1-2H3,(H,25,30)(H,27,28). The van der Waals surface area contributed by atoms with Crippen LogP contribution in [0.2, 0.25) is 0 Å². The fourth-order valence-electron chi connectivity index (χ4n) is 3.34. The first-order valence-corrected chi connectivity index (χ1v) is 11.5. The molecule has 0 bridgehead atoms. The van der Waals surface area contributed by atoms with Crippen molar-refractivity contribution in [1.82, 2.24) is 19.7 Å². The Morgan fingerprint density at radius 1 is 1.23 bits per heavy atom. The Kier molecular flexibility index (Phi) is 6.24. The van der Waals surface area contributed by atoms with E-state index in [0.717, 1.165) is 33.5 Å². The predicted molar refractivity (Wildman–Crippen MR) is 127 cm³/mol. The van der Waals surface area contributed by atoms with Crippen LogP contribution in [0.1, 0.15) is 18.2 Å². The lowest BCUT2D eigenvalue weighted by molar-refractivity contribution is -0.113. The molecule has 0 saturated heterocycles. The fourth-order valence-corrected chi connectivity index (χ4v) is 4.40. The second-order valence-electron chi connectivity index (χ2n) is 6.95. The normalized spacial score (nSPS) is 11.1. The van der Waals surface area contributed by atoms with Crippen molar-refractivity contribution in [3.05, 3.63) is 69.7 Å². The Hall–Kier alpha value is -2.91. The van der Waals surface area contributed by atoms with Gasteiger partial charge in [-0.2, -0.15) is 5.10 Å². The summed E-state index contributed by atoms with van der Waals surface area (Å²) in [6.07, 6.45) is 0.819. The van der Waals surface area contributed by atoms with Gasteiger partial charge in [0.05, 0.1) is 16.8 Å². The van der Waals surface area contributed by atoms with Gasteiger partial charge in [0.15, 0.2) is 10.8 Å². The number of anilines is 1. The van der Waals surface area contributed by atoms with E-state index >= 15 is 0 Å². The number of fused-ring (bicyclic) bond motifs is 1. The second-order valence-corrected chi connectivity index (χ2v) is 8.81. The number of amides is 1. The molecule has 2 aromatic carbocycles. The van der Waals surface area contributed by atoms with E-state index in [4.69, 9.17) is 5.41 Å². The monoisotopic (exact) mass is 496 g/mol. The number of aryl methyl sites for hydroxylation is 2. The van der Waals surface area contributed by atoms with E-state index in [1.807, 2.05) is 55.5 Å². The molecule has 7 nitrogen and oxygen atoms in total. The molecule has 4 rings (SSSR count). The molecular weight excluding hydrogens is 476 g/mol. The van der Waals surface area contributed by atoms with Crippen LogP contribution in [-0.4, -0.2) is 31.4 Å². The van der Waals surface area contributed by atoms with Gasteiger partial charge in [0.1, 0.15) is 5.49 Å². The summed E-state index contributed by atoms with van der Waals surface area (Å²) in [7, 11) is 0. The molecule has 0 spiro atoms. The van der Waals surface area contributed by atoms with E-state index in [-0.39, 0.29) is 11.7 Å². The summed E-state index contributed by atoms with van der Waals surface area (Å²) in [5.41, 5.74) is 4.28. The SMILES string of the molecule is CCc1ccccc1-n1c(SCC(=O)Nc2ccc(Br)cc2)nc2n[nH]c(C)c2c1=N. The molecule has 31 heavy (non-hydrogen) atoms. The van der Waals surface area contributed by atoms with Crippen molar-refractivity contribution < 1.29 is 4.79 Å². The Morgan fingerprint density at radius 2 is 1.97 bits per heavy atom. The number of para-hydroxylation sites is 1. The molecule has 0 aliphatic heterocycles. The highest BCUT2D eigenvalue weighted by atomic mass is 79.9. The summed E-state index contributed by atoms with van der Waals surface area (Å²) in [6.45, 7) is 3.96. The number of thioether (sulfide) groups is 1. The lowest BCUT2D eigenvalue weighted by atomic mass is 10.1. The highest BCUT2D eigenvalue weighted by Crippen LogP contribution is 2.24. The van der Waals surface area contributed by atoms with Crippen molar-refractivity contribution in [1.29, 1.82) is 5.41 Å². The first kappa shape index (κ1) is 21.3. The van der Waals surface area contributed by atoms with Crippen LogP contribution in [-0.2, 0) is 11.2 Å². The molecule has 3 N–H and O–H groups in total. The van der Waals surface area contributed by atoms with Gasteiger partial charge in [-0.05, 0) is 49.2 Å². The average molecular weight is 497 g/mol. The number of H-pyrrole nitrogens is 1. The quantitative estimate of drug-likeness (QED) is 0.268. The minimum absolute atomic E-state index is 0.144. The highest BCUT2D eigenvalue weighted by molar-refractivity contribution is 9.10. The molecule has 0 unspecified atom stereocenters. The zero-order chi connectivity index (χ0) is 22.0. The van der Waals surface area contributed by atoms with Crippen molar-refractivity contribution in [3.63, 3.8) is 0 Å². The minimum atomic E-state index is -0.144. The number of rotatable bonds is 6. The maximum atomic E-state index is 12.5. The van der Waals surface area contributed by atoms with Gasteiger partial charge in [0.25, 0.3) is 0 Å². The number of nitrogens with zero attached hydrogens (tertiary/aromatic N) is 3. The van der Waals surface area contributed by atoms with Crippen molar-refractivity contribution in [2.45, 2.75) is 25.4 Å². The van der Waals surface area contributed by atoms with E-state index in [1.165, 1.54) is 11.8 Å². The summed E-state index contributed by atoms with van der Waals surface area (Å²) >= 11 is 4.68. The van der Waals surface area contributed by atoms with Crippen molar-refractivity contribution in [2.75, 3.05) is 11.1 Å². The molecule has 4 aromatic rings. The Labute approximate surface area is 191 Å². The minimum Gasteiger partial charge on any atom is -0.325 e. The van der Waals surface area contributed by atoms with E-state index in [2.05, 4.69) is 43.4 Å². The van der Waals surface area contributed by atoms with Gasteiger partial charge in [-0.3, -0.25) is 19.9 Å². The van der Waals surface area contributed by atoms with Gasteiger partial charge in [-0.1, -0.05) is 52.8 Å². The third-order valence-electron chi connectivity index (χ3n) is 4.86. The zero-order valence-corrected chi connectivity index (χ0v) is 19.5. The highest BCUT2D eigenvalue weighted by Gasteiger charge is 2.17. The summed E-state index contributed by atoms with van der Waals surface area (Å²) in [5.74, 6) is 0.0143. The molecule has 0 aliphatic carbocycles. The number of aromatic nitrogens is 4. The van der Waals surface area contributed by atoms with E-state index in [0.29, 0.717) is 21.7 Å². The number of aromatic amines is 1. The van der Waals surface area contributed by atoms with Crippen LogP contribution in [0.4, 0.5) is 5.69 Å². The van der Waals surface area contributed by atoms with Crippen LogP contribution in [0.25, 0.3) is 16.7 Å². The largest absolute Gasteiger partial charge is 0.325 e. The fraction of sp³-hybridized carbons (Fsp3) is 0.182. The molecule has 0 atom stereocenters. The summed E-state index contributed by atoms with van der Waals surface area (Å²) in [4.78, 5) is 17.2. The van der Waals surface area contributed by atoms with Crippen LogP contribution in [0.5, 0.6) is 0 Å². The number of carbonyl (C=O) groups is 1. The number of nitrogens with one attached hydrogen (secondary N) is 3. The van der Waals surface area contributed by atoms with Crippen LogP contribution in [0.3, 0.4) is 0 Å². The smallest absolute Gasteiger partial charge is 0.234 e. The van der Waals surface area contributed by atoms with E-state index < -0.39 is 0 Å². The maximum absolute atomic E-state index is 12.5. The van der Waals surface area contributed by atoms with Gasteiger partial charge in [0, 0.05) is 15.9 Å². The molecule has 0 radical (unpaired) electrons. The molecule has 158 valence electrons. The third-order valence-corrected chi connectivity index (χ3v) is 6.32. The summed E-state index contributed by atoms with van der Waals surface area (Å²) in [6, 6.07) is 15.4. The van der Waals surface area contributed by atoms with Gasteiger partial charge in [0.2, 0.25) is 5.91 Å². The third kappa shape index (κ3) is 4.42. The van der Waals surface area contributed by atoms with Crippen LogP contribution < -0.4 is 10.8 Å². The van der Waals surface area contributed by atoms with Gasteiger partial charge < -0.3 is 5.32 Å². The molecule has 0 saturated carbocycles. The Balaban J connectivity index is 1.70. The topological polar surface area (TPSA) is 99.4 Å². The Bertz CT molecular complexity index is 1310. The van der Waals surface area contributed by atoms with Crippen LogP contribution in [0, 0.1) is 12.3 Å². The van der Waals surface area contributed by atoms with Crippen molar-refractivity contribution in [3.8, 4) is 5.69 Å². The number of carbonyl (C=O) groups excluding carboxylic acids is 1. The zero-order valence-electron chi connectivity index (χ0n) is 17.1. The second kappa shape index (κ2) is 9.07. The van der Waals surface area contributed by atoms with Crippen molar-refractivity contribution >= 4 is 50.3 Å². The van der Waals surface area contributed by atoms with Crippen molar-refractivity contribution in [2.24, 2.45) is 0 Å². The number of hydrogen-bond acceptors (Lipinski definition) is 5. The van der Waals surface area contributed by atoms with E-state index in [1.54, 1.807) is 4.57 Å². The molecule has 0 fully saturated rings. The lowest BCUT2D eigenvalue weighted by Crippen LogP contribution is -2.24. The average Bonchev–Trinajstić information content (AvgIpc) is 3.15. The molecular formula is C22H21BrN6OS. The molecule has 2 aromatic heterocycles. The summed E-state index contributed by atoms with van der Waals surface area (Å²) < 4.78 is 2.76. The maximum Gasteiger partial charge on any atom is 0.234 e. The molecule has 2 heterocycles. The lowest BCUT2D eigenvalue weighted by Gasteiger charge is -2.16. The molecule has 1 amide bonds.